The van der Waals surface area contributed by atoms with E-state index < -0.39 is 0 Å². The van der Waals surface area contributed by atoms with Gasteiger partial charge in [-0.05, 0) is 23.4 Å². The Balaban J connectivity index is 1.49. The Kier molecular flexibility index (Phi) is 3.99. The summed E-state index contributed by atoms with van der Waals surface area (Å²) in [5, 5.41) is 20.9. The molecule has 128 valence electrons. The first-order chi connectivity index (χ1) is 12.3. The van der Waals surface area contributed by atoms with Gasteiger partial charge in [0.05, 0.1) is 24.0 Å². The van der Waals surface area contributed by atoms with Gasteiger partial charge >= 0.3 is 0 Å². The normalized spacial score (nSPS) is 12.8. The summed E-state index contributed by atoms with van der Waals surface area (Å²) in [4.78, 5) is 13.8. The fourth-order valence-corrected chi connectivity index (χ4v) is 2.53. The molecule has 0 radical (unpaired) electrons. The Morgan fingerprint density at radius 2 is 2.16 bits per heavy atom. The van der Waals surface area contributed by atoms with Crippen LogP contribution in [0.25, 0.3) is 11.3 Å². The lowest BCUT2D eigenvalue weighted by atomic mass is 10.1. The molecule has 25 heavy (non-hydrogen) atoms. The summed E-state index contributed by atoms with van der Waals surface area (Å²) in [6.07, 6.45) is 2.84. The van der Waals surface area contributed by atoms with Crippen LogP contribution in [0.4, 0.5) is 0 Å². The number of benzene rings is 1. The van der Waals surface area contributed by atoms with Gasteiger partial charge in [0.2, 0.25) is 0 Å². The van der Waals surface area contributed by atoms with E-state index in [0.717, 1.165) is 5.56 Å². The van der Waals surface area contributed by atoms with E-state index in [4.69, 9.17) is 9.47 Å². The SMILES string of the molecule is O=C(NCCn1ncnn1)c1cn[nH]c1-c1ccc2c(c1)OCCO2. The molecule has 1 aliphatic rings. The number of carbonyl (C=O) groups is 1. The molecular weight excluding hydrogens is 326 g/mol. The van der Waals surface area contributed by atoms with Crippen molar-refractivity contribution in [3.05, 3.63) is 36.3 Å². The lowest BCUT2D eigenvalue weighted by Gasteiger charge is -2.18. The number of hydrogen-bond donors (Lipinski definition) is 2. The van der Waals surface area contributed by atoms with Gasteiger partial charge in [0.15, 0.2) is 17.8 Å². The minimum atomic E-state index is -0.237. The average molecular weight is 341 g/mol. The van der Waals surface area contributed by atoms with Crippen LogP contribution >= 0.6 is 0 Å². The van der Waals surface area contributed by atoms with Crippen LogP contribution in [0.3, 0.4) is 0 Å². The van der Waals surface area contributed by atoms with Crippen LogP contribution in [-0.2, 0) is 6.54 Å². The second kappa shape index (κ2) is 6.59. The number of nitrogens with zero attached hydrogens (tertiary/aromatic N) is 5. The second-order valence-electron chi connectivity index (χ2n) is 5.30. The molecule has 10 nitrogen and oxygen atoms in total. The number of fused-ring (bicyclic) bond motifs is 1. The molecule has 0 unspecified atom stereocenters. The largest absolute Gasteiger partial charge is 0.486 e. The Bertz CT molecular complexity index is 875. The average Bonchev–Trinajstić information content (AvgIpc) is 3.33. The van der Waals surface area contributed by atoms with Gasteiger partial charge in [-0.3, -0.25) is 9.89 Å². The van der Waals surface area contributed by atoms with Crippen molar-refractivity contribution in [2.75, 3.05) is 19.8 Å². The van der Waals surface area contributed by atoms with Gasteiger partial charge in [0.25, 0.3) is 5.91 Å². The zero-order valence-corrected chi connectivity index (χ0v) is 13.2. The number of amides is 1. The van der Waals surface area contributed by atoms with Crippen molar-refractivity contribution in [3.8, 4) is 22.8 Å². The maximum atomic E-state index is 12.4. The molecule has 0 spiro atoms. The number of hydrogen-bond acceptors (Lipinski definition) is 7. The molecule has 3 aromatic rings. The summed E-state index contributed by atoms with van der Waals surface area (Å²) in [6, 6.07) is 5.51. The van der Waals surface area contributed by atoms with Gasteiger partial charge < -0.3 is 14.8 Å². The van der Waals surface area contributed by atoms with E-state index in [2.05, 4.69) is 30.9 Å². The molecule has 0 aliphatic carbocycles. The van der Waals surface area contributed by atoms with Gasteiger partial charge in [-0.2, -0.15) is 9.90 Å². The smallest absolute Gasteiger partial charge is 0.255 e. The molecule has 0 fully saturated rings. The van der Waals surface area contributed by atoms with Crippen molar-refractivity contribution in [1.29, 1.82) is 0 Å². The summed E-state index contributed by atoms with van der Waals surface area (Å²) >= 11 is 0. The molecule has 3 heterocycles. The van der Waals surface area contributed by atoms with Gasteiger partial charge in [-0.15, -0.1) is 10.2 Å². The summed E-state index contributed by atoms with van der Waals surface area (Å²) in [5.74, 6) is 1.11. The quantitative estimate of drug-likeness (QED) is 0.683. The Hall–Kier alpha value is -3.43. The predicted molar refractivity (Wildman–Crippen MR) is 85.2 cm³/mol. The van der Waals surface area contributed by atoms with Crippen molar-refractivity contribution in [2.24, 2.45) is 0 Å². The van der Waals surface area contributed by atoms with E-state index in [1.807, 2.05) is 18.2 Å². The van der Waals surface area contributed by atoms with Crippen LogP contribution in [0.2, 0.25) is 0 Å². The third-order valence-electron chi connectivity index (χ3n) is 3.70. The highest BCUT2D eigenvalue weighted by Crippen LogP contribution is 2.34. The van der Waals surface area contributed by atoms with Crippen LogP contribution in [0.5, 0.6) is 11.5 Å². The van der Waals surface area contributed by atoms with E-state index in [1.165, 1.54) is 17.3 Å². The van der Waals surface area contributed by atoms with E-state index in [0.29, 0.717) is 49.1 Å². The number of ether oxygens (including phenoxy) is 2. The van der Waals surface area contributed by atoms with Gasteiger partial charge in [0.1, 0.15) is 13.2 Å². The fourth-order valence-electron chi connectivity index (χ4n) is 2.53. The molecule has 1 aliphatic heterocycles. The number of aromatic nitrogens is 6. The highest BCUT2D eigenvalue weighted by atomic mass is 16.6. The van der Waals surface area contributed by atoms with Crippen molar-refractivity contribution in [3.63, 3.8) is 0 Å². The summed E-state index contributed by atoms with van der Waals surface area (Å²) in [6.45, 7) is 1.84. The Labute approximate surface area is 142 Å². The van der Waals surface area contributed by atoms with Crippen LogP contribution in [-0.4, -0.2) is 56.1 Å². The first-order valence-corrected chi connectivity index (χ1v) is 7.73. The van der Waals surface area contributed by atoms with Crippen LogP contribution < -0.4 is 14.8 Å². The van der Waals surface area contributed by atoms with Crippen LogP contribution in [0.1, 0.15) is 10.4 Å². The first-order valence-electron chi connectivity index (χ1n) is 7.73. The van der Waals surface area contributed by atoms with Crippen LogP contribution in [0, 0.1) is 0 Å². The number of H-pyrrole nitrogens is 1. The predicted octanol–water partition coefficient (Wildman–Crippen LogP) is 0.264. The Morgan fingerprint density at radius 1 is 1.28 bits per heavy atom. The van der Waals surface area contributed by atoms with E-state index >= 15 is 0 Å². The third kappa shape index (κ3) is 3.13. The topological polar surface area (TPSA) is 120 Å². The number of carbonyl (C=O) groups excluding carboxylic acids is 1. The molecule has 4 rings (SSSR count). The molecule has 1 amide bonds. The zero-order chi connectivity index (χ0) is 17.1. The molecule has 2 N–H and O–H groups in total. The standard InChI is InChI=1S/C15H15N7O3/c23-15(16-3-4-22-19-9-18-21-22)11-8-17-20-14(11)10-1-2-12-13(7-10)25-6-5-24-12/h1-2,7-9H,3-6H2,(H,16,23)(H,17,20). The molecule has 10 heteroatoms. The van der Waals surface area contributed by atoms with Gasteiger partial charge in [0, 0.05) is 12.1 Å². The molecule has 1 aromatic carbocycles. The van der Waals surface area contributed by atoms with Gasteiger partial charge in [-0.1, -0.05) is 0 Å². The summed E-state index contributed by atoms with van der Waals surface area (Å²) in [5.41, 5.74) is 1.86. The van der Waals surface area contributed by atoms with Gasteiger partial charge in [-0.25, -0.2) is 0 Å². The molecule has 0 atom stereocenters. The molecule has 2 aromatic heterocycles. The third-order valence-corrected chi connectivity index (χ3v) is 3.70. The minimum absolute atomic E-state index is 0.237. The highest BCUT2D eigenvalue weighted by Gasteiger charge is 2.18. The van der Waals surface area contributed by atoms with E-state index in [1.54, 1.807) is 0 Å². The van der Waals surface area contributed by atoms with Crippen molar-refractivity contribution >= 4 is 5.91 Å². The Morgan fingerprint density at radius 3 is 3.00 bits per heavy atom. The molecule has 0 saturated heterocycles. The lowest BCUT2D eigenvalue weighted by Crippen LogP contribution is -2.28. The van der Waals surface area contributed by atoms with E-state index in [-0.39, 0.29) is 5.91 Å². The summed E-state index contributed by atoms with van der Waals surface area (Å²) in [7, 11) is 0. The van der Waals surface area contributed by atoms with Crippen LogP contribution in [0.15, 0.2) is 30.7 Å². The molecular formula is C15H15N7O3. The number of nitrogens with one attached hydrogen (secondary N) is 2. The molecule has 0 saturated carbocycles. The van der Waals surface area contributed by atoms with Crippen molar-refractivity contribution in [1.82, 2.24) is 35.7 Å². The fraction of sp³-hybridized carbons (Fsp3) is 0.267. The maximum absolute atomic E-state index is 12.4. The highest BCUT2D eigenvalue weighted by molar-refractivity contribution is 5.99. The van der Waals surface area contributed by atoms with Crippen molar-refractivity contribution < 1.29 is 14.3 Å². The van der Waals surface area contributed by atoms with Crippen molar-refractivity contribution in [2.45, 2.75) is 6.54 Å². The summed E-state index contributed by atoms with van der Waals surface area (Å²) < 4.78 is 11.1. The second-order valence-corrected chi connectivity index (χ2v) is 5.30. The molecule has 0 bridgehead atoms. The lowest BCUT2D eigenvalue weighted by molar-refractivity contribution is 0.0952. The first kappa shape index (κ1) is 15.1. The monoisotopic (exact) mass is 341 g/mol. The maximum Gasteiger partial charge on any atom is 0.255 e. The minimum Gasteiger partial charge on any atom is -0.486 e. The zero-order valence-electron chi connectivity index (χ0n) is 13.2. The van der Waals surface area contributed by atoms with E-state index in [9.17, 15) is 4.79 Å². The number of aromatic amines is 1. The number of rotatable bonds is 5. The number of tetrazole rings is 1.